The Morgan fingerprint density at radius 1 is 0.562 bits per heavy atom. The molecule has 2 aliphatic rings. The van der Waals surface area contributed by atoms with Crippen LogP contribution in [0.15, 0.2) is 46.2 Å². The van der Waals surface area contributed by atoms with E-state index in [-0.39, 0.29) is 174 Å². The van der Waals surface area contributed by atoms with E-state index >= 15 is 0 Å². The van der Waals surface area contributed by atoms with Gasteiger partial charge in [-0.2, -0.15) is 46.7 Å². The molecular formula is C32H38K2N12O14S4. The van der Waals surface area contributed by atoms with E-state index in [4.69, 9.17) is 18.6 Å². The van der Waals surface area contributed by atoms with E-state index in [9.17, 15) is 42.8 Å². The van der Waals surface area contributed by atoms with Gasteiger partial charge >= 0.3 is 103 Å². The van der Waals surface area contributed by atoms with Crippen molar-refractivity contribution in [2.45, 2.75) is 9.79 Å². The Morgan fingerprint density at radius 3 is 1.23 bits per heavy atom. The van der Waals surface area contributed by atoms with Crippen molar-refractivity contribution >= 4 is 99.7 Å². The number of nitrogens with one attached hydrogen (secondary N) is 4. The molecule has 2 aromatic heterocycles. The first kappa shape index (κ1) is 54.4. The van der Waals surface area contributed by atoms with Crippen molar-refractivity contribution in [3.63, 3.8) is 0 Å². The first-order valence-corrected chi connectivity index (χ1v) is 24.2. The number of hydrogen-bond donors (Lipinski definition) is 6. The van der Waals surface area contributed by atoms with E-state index in [1.54, 1.807) is 9.80 Å². The molecule has 4 aromatic rings. The first-order chi connectivity index (χ1) is 29.2. The van der Waals surface area contributed by atoms with E-state index in [2.05, 4.69) is 51.2 Å². The summed E-state index contributed by atoms with van der Waals surface area (Å²) in [4.78, 5) is 27.7. The molecule has 0 radical (unpaired) electrons. The second kappa shape index (κ2) is 23.7. The minimum absolute atomic E-state index is 0. The van der Waals surface area contributed by atoms with Gasteiger partial charge in [-0.05, 0) is 35.4 Å². The number of morpholine rings is 2. The van der Waals surface area contributed by atoms with Crippen molar-refractivity contribution in [3.05, 3.63) is 47.5 Å². The normalized spacial score (nSPS) is 14.9. The second-order valence-corrected chi connectivity index (χ2v) is 19.0. The molecule has 0 atom stereocenters. The van der Waals surface area contributed by atoms with Crippen LogP contribution in [0.1, 0.15) is 11.1 Å². The molecule has 64 heavy (non-hydrogen) atoms. The SMILES string of the molecule is O=S(=O)(O)CCNc1nc(Nc2ccc(C=Cc3ccc(Nc4nc(NCCS(=O)(=O)O)nc(N5CCOCC5)n4)cc3S(=O)(=O)[O-])c(S(=O)(=O)[O-])c2)nc(N2CCOCC2)n1.[K+].[K+]. The van der Waals surface area contributed by atoms with Gasteiger partial charge in [-0.15, -0.1) is 0 Å². The minimum Gasteiger partial charge on any atom is -0.744 e. The third-order valence-electron chi connectivity index (χ3n) is 8.64. The number of ether oxygens (including phenoxy) is 2. The maximum absolute atomic E-state index is 12.5. The Balaban J connectivity index is 0.00000449. The van der Waals surface area contributed by atoms with Crippen LogP contribution >= 0.6 is 0 Å². The van der Waals surface area contributed by atoms with Crippen LogP contribution in [0.5, 0.6) is 0 Å². The molecule has 0 bridgehead atoms. The van der Waals surface area contributed by atoms with Crippen molar-refractivity contribution < 1.29 is 164 Å². The van der Waals surface area contributed by atoms with Crippen molar-refractivity contribution in [3.8, 4) is 0 Å². The summed E-state index contributed by atoms with van der Waals surface area (Å²) in [5.41, 5.74) is -0.336. The van der Waals surface area contributed by atoms with Crippen molar-refractivity contribution in [2.24, 2.45) is 0 Å². The number of nitrogens with zero attached hydrogens (tertiary/aromatic N) is 8. The predicted molar refractivity (Wildman–Crippen MR) is 220 cm³/mol. The van der Waals surface area contributed by atoms with Crippen LogP contribution in [0.4, 0.5) is 47.1 Å². The average Bonchev–Trinajstić information content (AvgIpc) is 3.19. The number of hydrogen-bond acceptors (Lipinski definition) is 24. The number of rotatable bonds is 18. The number of benzene rings is 2. The Labute approximate surface area is 453 Å². The number of anilines is 8. The van der Waals surface area contributed by atoms with E-state index in [0.29, 0.717) is 52.6 Å². The van der Waals surface area contributed by atoms with Crippen molar-refractivity contribution in [1.29, 1.82) is 0 Å². The smallest absolute Gasteiger partial charge is 0.744 e. The summed E-state index contributed by atoms with van der Waals surface area (Å²) < 4.78 is 149. The van der Waals surface area contributed by atoms with Crippen LogP contribution in [0, 0.1) is 0 Å². The number of aromatic nitrogens is 6. The van der Waals surface area contributed by atoms with Crippen molar-refractivity contribution in [1.82, 2.24) is 29.9 Å². The molecule has 2 fully saturated rings. The molecule has 0 unspecified atom stereocenters. The monoisotopic (exact) mass is 1020 g/mol. The second-order valence-electron chi connectivity index (χ2n) is 13.2. The summed E-state index contributed by atoms with van der Waals surface area (Å²) in [6.45, 7) is 2.54. The molecule has 4 heterocycles. The Morgan fingerprint density at radius 2 is 0.906 bits per heavy atom. The summed E-state index contributed by atoms with van der Waals surface area (Å²) in [5.74, 6) is -1.44. The zero-order chi connectivity index (χ0) is 44.7. The molecule has 32 heteroatoms. The quantitative estimate of drug-likeness (QED) is 0.0307. The first-order valence-electron chi connectivity index (χ1n) is 18.2. The van der Waals surface area contributed by atoms with Gasteiger partial charge in [0.1, 0.15) is 20.2 Å². The fourth-order valence-electron chi connectivity index (χ4n) is 5.76. The third-order valence-corrected chi connectivity index (χ3v) is 11.9. The van der Waals surface area contributed by atoms with Gasteiger partial charge in [0, 0.05) is 50.6 Å². The largest absolute Gasteiger partial charge is 1.00 e. The third kappa shape index (κ3) is 16.9. The van der Waals surface area contributed by atoms with Gasteiger partial charge < -0.3 is 49.6 Å². The van der Waals surface area contributed by atoms with Gasteiger partial charge in [-0.25, -0.2) is 16.8 Å². The van der Waals surface area contributed by atoms with Gasteiger partial charge in [-0.1, -0.05) is 24.3 Å². The molecule has 0 amide bonds. The van der Waals surface area contributed by atoms with Gasteiger partial charge in [0.2, 0.25) is 35.7 Å². The average molecular weight is 1020 g/mol. The molecule has 0 saturated carbocycles. The standard InChI is InChI=1S/C32H40N12O14S4.2K/c45-59(46,47)17-7-33-27-37-29(41-31(39-27)43-9-13-57-14-10-43)35-23-5-3-21(25(19-23)61(51,52)53)1-2-22-4-6-24(20-26(22)62(54,55)56)36-30-38-28(34-8-18-60(48,49)50)40-32(42-30)44-11-15-58-16-12-44;;/h1-6,19-20H,7-18H2,(H,45,46,47)(H,48,49,50)(H,51,52,53)(H,54,55,56)(H2,33,35,37,39,41)(H2,34,36,38,40,42);;/q;2*+1/p-2. The van der Waals surface area contributed by atoms with Crippen LogP contribution in [-0.4, -0.2) is 159 Å². The van der Waals surface area contributed by atoms with Crippen LogP contribution in [-0.2, 0) is 49.9 Å². The molecule has 0 aliphatic carbocycles. The zero-order valence-electron chi connectivity index (χ0n) is 34.1. The molecule has 336 valence electrons. The molecular weight excluding hydrogens is 983 g/mol. The van der Waals surface area contributed by atoms with Gasteiger partial charge in [0.15, 0.2) is 0 Å². The van der Waals surface area contributed by atoms with E-state index < -0.39 is 61.8 Å². The van der Waals surface area contributed by atoms with E-state index in [0.717, 1.165) is 24.3 Å². The topological polar surface area (TPSA) is 374 Å². The van der Waals surface area contributed by atoms with Crippen molar-refractivity contribution in [2.75, 3.05) is 108 Å². The van der Waals surface area contributed by atoms with Gasteiger partial charge in [0.25, 0.3) is 20.2 Å². The summed E-state index contributed by atoms with van der Waals surface area (Å²) >= 11 is 0. The van der Waals surface area contributed by atoms with Gasteiger partial charge in [0.05, 0.1) is 47.7 Å². The van der Waals surface area contributed by atoms with E-state index in [1.807, 2.05) is 0 Å². The van der Waals surface area contributed by atoms with Crippen LogP contribution in [0.25, 0.3) is 12.2 Å². The molecule has 6 N–H and O–H groups in total. The maximum atomic E-state index is 12.5. The van der Waals surface area contributed by atoms with Crippen LogP contribution in [0.3, 0.4) is 0 Å². The maximum Gasteiger partial charge on any atom is 1.00 e. The zero-order valence-corrected chi connectivity index (χ0v) is 43.6. The fraction of sp³-hybridized carbons (Fsp3) is 0.375. The summed E-state index contributed by atoms with van der Waals surface area (Å²) in [6.07, 6.45) is 2.24. The molecule has 6 rings (SSSR count). The van der Waals surface area contributed by atoms with Crippen LogP contribution in [0.2, 0.25) is 0 Å². The summed E-state index contributed by atoms with van der Waals surface area (Å²) in [7, 11) is -19.0. The summed E-state index contributed by atoms with van der Waals surface area (Å²) in [5, 5.41) is 11.0. The molecule has 2 aliphatic heterocycles. The molecule has 0 spiro atoms. The Kier molecular flexibility index (Phi) is 20.2. The summed E-state index contributed by atoms with van der Waals surface area (Å²) in [6, 6.07) is 7.15. The predicted octanol–water partition coefficient (Wildman–Crippen LogP) is -6.20. The van der Waals surface area contributed by atoms with E-state index in [1.165, 1.54) is 24.3 Å². The Hall–Kier alpha value is -2.17. The molecule has 26 nitrogen and oxygen atoms in total. The Bertz CT molecular complexity index is 2580. The van der Waals surface area contributed by atoms with Crippen LogP contribution < -0.4 is 134 Å². The molecule has 2 saturated heterocycles. The fourth-order valence-corrected chi connectivity index (χ4v) is 7.88. The van der Waals surface area contributed by atoms with Gasteiger partial charge in [-0.3, -0.25) is 9.11 Å². The minimum atomic E-state index is -5.20. The molecule has 2 aromatic carbocycles.